The molecule has 4 fully saturated rings. The Labute approximate surface area is 137 Å². The van der Waals surface area contributed by atoms with Gasteiger partial charge in [-0.2, -0.15) is 5.10 Å². The van der Waals surface area contributed by atoms with E-state index in [1.165, 1.54) is 12.1 Å². The van der Waals surface area contributed by atoms with Crippen LogP contribution >= 0.6 is 0 Å². The number of aryl methyl sites for hydroxylation is 1. The Hall–Kier alpha value is -1.36. The van der Waals surface area contributed by atoms with E-state index in [1.54, 1.807) is 0 Å². The fraction of sp³-hybridized carbons (Fsp3) is 0.778. The summed E-state index contributed by atoms with van der Waals surface area (Å²) >= 11 is 0. The third-order valence-corrected chi connectivity index (χ3v) is 6.72. The molecule has 0 spiro atoms. The Bertz CT molecular complexity index is 587. The highest BCUT2D eigenvalue weighted by Gasteiger charge is 2.64. The molecule has 126 valence electrons. The highest BCUT2D eigenvalue weighted by atomic mass is 16.3. The van der Waals surface area contributed by atoms with Crippen molar-refractivity contribution in [3.05, 3.63) is 18.0 Å². The molecule has 5 rings (SSSR count). The van der Waals surface area contributed by atoms with Crippen LogP contribution in [0.25, 0.3) is 0 Å². The molecule has 1 amide bonds. The molecule has 1 N–H and O–H groups in total. The lowest BCUT2D eigenvalue weighted by Gasteiger charge is -2.49. The SMILES string of the molecule is Cn1nccc1C12CCC(C1)C2C(=O)N1CCC(CCO)CC1. The first kappa shape index (κ1) is 15.2. The maximum absolute atomic E-state index is 13.2. The van der Waals surface area contributed by atoms with Gasteiger partial charge in [0, 0.05) is 44.0 Å². The van der Waals surface area contributed by atoms with Crippen LogP contribution < -0.4 is 0 Å². The van der Waals surface area contributed by atoms with Gasteiger partial charge in [0.2, 0.25) is 5.91 Å². The molecule has 3 unspecified atom stereocenters. The number of nitrogens with zero attached hydrogens (tertiary/aromatic N) is 3. The van der Waals surface area contributed by atoms with Crippen LogP contribution in [0.5, 0.6) is 0 Å². The Balaban J connectivity index is 1.48. The van der Waals surface area contributed by atoms with Gasteiger partial charge in [-0.3, -0.25) is 9.48 Å². The van der Waals surface area contributed by atoms with Gasteiger partial charge in [-0.15, -0.1) is 0 Å². The number of rotatable bonds is 4. The number of carbonyl (C=O) groups excluding carboxylic acids is 1. The summed E-state index contributed by atoms with van der Waals surface area (Å²) in [7, 11) is 2.00. The molecule has 5 nitrogen and oxygen atoms in total. The molecule has 1 aromatic heterocycles. The van der Waals surface area contributed by atoms with Gasteiger partial charge < -0.3 is 10.0 Å². The van der Waals surface area contributed by atoms with Crippen LogP contribution in [-0.2, 0) is 17.3 Å². The maximum Gasteiger partial charge on any atom is 0.226 e. The highest BCUT2D eigenvalue weighted by molar-refractivity contribution is 5.83. The summed E-state index contributed by atoms with van der Waals surface area (Å²) in [4.78, 5) is 15.3. The van der Waals surface area contributed by atoms with E-state index in [0.717, 1.165) is 45.2 Å². The molecule has 0 aromatic carbocycles. The standard InChI is InChI=1S/C18H27N3O2/c1-20-15(3-8-19-20)18-7-2-14(12-18)16(18)17(23)21-9-4-13(5-10-21)6-11-22/h3,8,13-14,16,22H,2,4-7,9-12H2,1H3. The zero-order valence-electron chi connectivity index (χ0n) is 13.9. The van der Waals surface area contributed by atoms with Gasteiger partial charge in [0.1, 0.15) is 0 Å². The van der Waals surface area contributed by atoms with Crippen molar-refractivity contribution in [2.45, 2.75) is 43.9 Å². The van der Waals surface area contributed by atoms with E-state index in [4.69, 9.17) is 5.11 Å². The van der Waals surface area contributed by atoms with Gasteiger partial charge in [0.15, 0.2) is 0 Å². The van der Waals surface area contributed by atoms with Crippen molar-refractivity contribution in [3.63, 3.8) is 0 Å². The molecule has 3 atom stereocenters. The first-order valence-electron chi connectivity index (χ1n) is 9.04. The molecule has 0 radical (unpaired) electrons. The maximum atomic E-state index is 13.2. The fourth-order valence-electron chi connectivity index (χ4n) is 5.49. The normalized spacial score (nSPS) is 33.7. The number of aliphatic hydroxyl groups is 1. The topological polar surface area (TPSA) is 58.4 Å². The lowest BCUT2D eigenvalue weighted by atomic mass is 9.58. The number of amides is 1. The molecule has 1 saturated heterocycles. The summed E-state index contributed by atoms with van der Waals surface area (Å²) in [5.74, 6) is 1.72. The number of hydrogen-bond donors (Lipinski definition) is 1. The molecule has 23 heavy (non-hydrogen) atoms. The van der Waals surface area contributed by atoms with Crippen LogP contribution in [0.3, 0.4) is 0 Å². The predicted molar refractivity (Wildman–Crippen MR) is 86.7 cm³/mol. The number of aliphatic hydroxyl groups excluding tert-OH is 1. The minimum absolute atomic E-state index is 0.0505. The van der Waals surface area contributed by atoms with Crippen molar-refractivity contribution in [2.24, 2.45) is 24.8 Å². The number of hydrogen-bond acceptors (Lipinski definition) is 3. The number of carbonyl (C=O) groups is 1. The van der Waals surface area contributed by atoms with Crippen LogP contribution in [-0.4, -0.2) is 45.4 Å². The van der Waals surface area contributed by atoms with Gasteiger partial charge in [-0.05, 0) is 56.4 Å². The van der Waals surface area contributed by atoms with E-state index in [2.05, 4.69) is 16.1 Å². The summed E-state index contributed by atoms with van der Waals surface area (Å²) in [6, 6.07) is 2.11. The summed E-state index contributed by atoms with van der Waals surface area (Å²) in [5.41, 5.74) is 1.30. The highest BCUT2D eigenvalue weighted by Crippen LogP contribution is 2.64. The fourth-order valence-corrected chi connectivity index (χ4v) is 5.49. The molecule has 1 aliphatic heterocycles. The van der Waals surface area contributed by atoms with Gasteiger partial charge in [0.05, 0.1) is 5.92 Å². The van der Waals surface area contributed by atoms with Crippen molar-refractivity contribution in [1.82, 2.24) is 14.7 Å². The Morgan fingerprint density at radius 2 is 2.17 bits per heavy atom. The van der Waals surface area contributed by atoms with Crippen LogP contribution in [0.4, 0.5) is 0 Å². The Morgan fingerprint density at radius 3 is 2.78 bits per heavy atom. The molecule has 3 saturated carbocycles. The first-order chi connectivity index (χ1) is 11.2. The average Bonchev–Trinajstić information content (AvgIpc) is 3.22. The third kappa shape index (κ3) is 2.24. The summed E-state index contributed by atoms with van der Waals surface area (Å²) < 4.78 is 1.97. The van der Waals surface area contributed by atoms with Gasteiger partial charge in [0.25, 0.3) is 0 Å². The Kier molecular flexibility index (Phi) is 3.71. The van der Waals surface area contributed by atoms with E-state index in [9.17, 15) is 4.79 Å². The second kappa shape index (κ2) is 5.62. The third-order valence-electron chi connectivity index (χ3n) is 6.72. The minimum atomic E-state index is 0.0505. The van der Waals surface area contributed by atoms with E-state index < -0.39 is 0 Å². The number of aromatic nitrogens is 2. The largest absolute Gasteiger partial charge is 0.396 e. The monoisotopic (exact) mass is 317 g/mol. The zero-order chi connectivity index (χ0) is 16.0. The summed E-state index contributed by atoms with van der Waals surface area (Å²) in [5, 5.41) is 13.4. The van der Waals surface area contributed by atoms with Crippen LogP contribution in [0.15, 0.2) is 12.3 Å². The molecule has 3 aliphatic carbocycles. The van der Waals surface area contributed by atoms with E-state index in [0.29, 0.717) is 17.7 Å². The average molecular weight is 317 g/mol. The molecule has 2 bridgehead atoms. The predicted octanol–water partition coefficient (Wildman–Crippen LogP) is 1.71. The van der Waals surface area contributed by atoms with Crippen molar-refractivity contribution >= 4 is 5.91 Å². The number of likely N-dealkylation sites (tertiary alicyclic amines) is 1. The smallest absolute Gasteiger partial charge is 0.226 e. The van der Waals surface area contributed by atoms with Crippen LogP contribution in [0, 0.1) is 17.8 Å². The van der Waals surface area contributed by atoms with E-state index in [-0.39, 0.29) is 17.9 Å². The number of piperidine rings is 1. The van der Waals surface area contributed by atoms with Crippen LogP contribution in [0.2, 0.25) is 0 Å². The number of fused-ring (bicyclic) bond motifs is 1. The van der Waals surface area contributed by atoms with Crippen molar-refractivity contribution in [2.75, 3.05) is 19.7 Å². The summed E-state index contributed by atoms with van der Waals surface area (Å²) in [6.45, 7) is 2.01. The second-order valence-electron chi connectivity index (χ2n) is 7.76. The lowest BCUT2D eigenvalue weighted by Crippen LogP contribution is -2.55. The second-order valence-corrected chi connectivity index (χ2v) is 7.76. The Morgan fingerprint density at radius 1 is 1.39 bits per heavy atom. The van der Waals surface area contributed by atoms with Crippen molar-refractivity contribution < 1.29 is 9.90 Å². The molecular weight excluding hydrogens is 290 g/mol. The van der Waals surface area contributed by atoms with Crippen molar-refractivity contribution in [3.8, 4) is 0 Å². The molecule has 2 heterocycles. The van der Waals surface area contributed by atoms with E-state index in [1.807, 2.05) is 17.9 Å². The molecule has 1 aromatic rings. The molecular formula is C18H27N3O2. The zero-order valence-corrected chi connectivity index (χ0v) is 13.9. The quantitative estimate of drug-likeness (QED) is 0.920. The van der Waals surface area contributed by atoms with E-state index >= 15 is 0 Å². The summed E-state index contributed by atoms with van der Waals surface area (Å²) in [6.07, 6.45) is 8.30. The van der Waals surface area contributed by atoms with Crippen LogP contribution in [0.1, 0.15) is 44.2 Å². The molecule has 5 heteroatoms. The molecule has 4 aliphatic rings. The van der Waals surface area contributed by atoms with Gasteiger partial charge >= 0.3 is 0 Å². The lowest BCUT2D eigenvalue weighted by molar-refractivity contribution is -0.145. The first-order valence-corrected chi connectivity index (χ1v) is 9.04. The van der Waals surface area contributed by atoms with Gasteiger partial charge in [-0.25, -0.2) is 0 Å². The van der Waals surface area contributed by atoms with Gasteiger partial charge in [-0.1, -0.05) is 0 Å². The van der Waals surface area contributed by atoms with Crippen molar-refractivity contribution in [1.29, 1.82) is 0 Å². The minimum Gasteiger partial charge on any atom is -0.396 e.